The van der Waals surface area contributed by atoms with Crippen LogP contribution in [0.1, 0.15) is 28.2 Å². The molecule has 1 aromatic heterocycles. The van der Waals surface area contributed by atoms with Crippen LogP contribution in [0.5, 0.6) is 0 Å². The summed E-state index contributed by atoms with van der Waals surface area (Å²) in [7, 11) is 0. The molecule has 0 saturated heterocycles. The highest BCUT2D eigenvalue weighted by atomic mass is 35.5. The Hall–Kier alpha value is -2.90. The molecule has 0 aliphatic heterocycles. The van der Waals surface area contributed by atoms with E-state index in [-0.39, 0.29) is 16.5 Å². The molecular weight excluding hydrogens is 432 g/mol. The van der Waals surface area contributed by atoms with E-state index in [0.717, 1.165) is 24.1 Å². The number of esters is 1. The molecule has 1 N–H and O–H groups in total. The Balaban J connectivity index is 1.47. The van der Waals surface area contributed by atoms with Crippen LogP contribution in [0, 0.1) is 5.82 Å². The van der Waals surface area contributed by atoms with E-state index < -0.39 is 18.5 Å². The molecule has 1 amide bonds. The highest BCUT2D eigenvalue weighted by Crippen LogP contribution is 2.30. The number of amides is 1. The molecule has 0 fully saturated rings. The number of hydrogen-bond acceptors (Lipinski definition) is 4. The van der Waals surface area contributed by atoms with Gasteiger partial charge in [-0.25, -0.2) is 13.9 Å². The molecule has 0 unspecified atom stereocenters. The molecule has 1 heterocycles. The minimum Gasteiger partial charge on any atom is -0.451 e. The molecule has 154 valence electrons. The van der Waals surface area contributed by atoms with Crippen LogP contribution < -0.4 is 5.32 Å². The van der Waals surface area contributed by atoms with Crippen LogP contribution >= 0.6 is 23.2 Å². The molecule has 0 radical (unpaired) electrons. The predicted molar refractivity (Wildman–Crippen MR) is 111 cm³/mol. The number of nitrogens with zero attached hydrogens (tertiary/aromatic N) is 2. The Morgan fingerprint density at radius 1 is 1.13 bits per heavy atom. The largest absolute Gasteiger partial charge is 0.451 e. The topological polar surface area (TPSA) is 73.2 Å². The summed E-state index contributed by atoms with van der Waals surface area (Å²) in [5, 5.41) is 7.42. The Labute approximate surface area is 181 Å². The van der Waals surface area contributed by atoms with Crippen molar-refractivity contribution in [3.63, 3.8) is 0 Å². The van der Waals surface area contributed by atoms with E-state index in [2.05, 4.69) is 10.4 Å². The van der Waals surface area contributed by atoms with E-state index in [4.69, 9.17) is 27.9 Å². The van der Waals surface area contributed by atoms with E-state index in [1.807, 2.05) is 0 Å². The van der Waals surface area contributed by atoms with Crippen LogP contribution in [0.2, 0.25) is 10.0 Å². The first kappa shape index (κ1) is 20.4. The highest BCUT2D eigenvalue weighted by Gasteiger charge is 2.28. The third-order valence-corrected chi connectivity index (χ3v) is 5.57. The Morgan fingerprint density at radius 3 is 2.67 bits per heavy atom. The molecule has 0 atom stereocenters. The maximum atomic E-state index is 13.2. The van der Waals surface area contributed by atoms with Crippen molar-refractivity contribution in [3.05, 3.63) is 75.3 Å². The monoisotopic (exact) mass is 447 g/mol. The number of anilines is 1. The van der Waals surface area contributed by atoms with Crippen molar-refractivity contribution in [2.75, 3.05) is 11.9 Å². The van der Waals surface area contributed by atoms with Gasteiger partial charge < -0.3 is 10.1 Å². The number of aromatic nitrogens is 2. The second-order valence-electron chi connectivity index (χ2n) is 6.74. The number of carbonyl (C=O) groups excluding carboxylic acids is 2. The molecule has 4 rings (SSSR count). The summed E-state index contributed by atoms with van der Waals surface area (Å²) < 4.78 is 20.0. The van der Waals surface area contributed by atoms with Crippen molar-refractivity contribution in [2.45, 2.75) is 19.3 Å². The second kappa shape index (κ2) is 8.45. The van der Waals surface area contributed by atoms with Crippen LogP contribution in [0.25, 0.3) is 5.69 Å². The zero-order valence-electron chi connectivity index (χ0n) is 15.6. The first-order chi connectivity index (χ1) is 14.4. The van der Waals surface area contributed by atoms with Gasteiger partial charge in [-0.3, -0.25) is 4.79 Å². The summed E-state index contributed by atoms with van der Waals surface area (Å²) in [4.78, 5) is 24.7. The van der Waals surface area contributed by atoms with Crippen LogP contribution in [-0.4, -0.2) is 28.3 Å². The fourth-order valence-electron chi connectivity index (χ4n) is 3.38. The Kier molecular flexibility index (Phi) is 5.74. The lowest BCUT2D eigenvalue weighted by molar-refractivity contribution is -0.119. The van der Waals surface area contributed by atoms with E-state index in [1.165, 1.54) is 12.1 Å². The summed E-state index contributed by atoms with van der Waals surface area (Å²) in [5.74, 6) is -1.60. The molecule has 30 heavy (non-hydrogen) atoms. The molecule has 3 aromatic rings. The number of hydrogen-bond donors (Lipinski definition) is 1. The summed E-state index contributed by atoms with van der Waals surface area (Å²) >= 11 is 12.0. The van der Waals surface area contributed by atoms with Crippen molar-refractivity contribution in [2.24, 2.45) is 0 Å². The summed E-state index contributed by atoms with van der Waals surface area (Å²) in [6.07, 6.45) is 2.31. The zero-order valence-corrected chi connectivity index (χ0v) is 17.1. The molecule has 0 spiro atoms. The number of nitrogens with one attached hydrogen (secondary N) is 1. The van der Waals surface area contributed by atoms with Crippen molar-refractivity contribution in [1.82, 2.24) is 9.78 Å². The predicted octanol–water partition coefficient (Wildman–Crippen LogP) is 4.60. The Bertz CT molecular complexity index is 1130. The molecule has 1 aliphatic carbocycles. The van der Waals surface area contributed by atoms with Crippen LogP contribution in [-0.2, 0) is 22.4 Å². The van der Waals surface area contributed by atoms with Crippen molar-refractivity contribution in [1.29, 1.82) is 0 Å². The maximum absolute atomic E-state index is 13.2. The van der Waals surface area contributed by atoms with E-state index in [0.29, 0.717) is 22.8 Å². The van der Waals surface area contributed by atoms with Gasteiger partial charge in [0, 0.05) is 11.3 Å². The van der Waals surface area contributed by atoms with E-state index in [1.54, 1.807) is 35.0 Å². The fraction of sp³-hybridized carbons (Fsp3) is 0.190. The lowest BCUT2D eigenvalue weighted by atomic mass is 10.2. The smallest absolute Gasteiger partial charge is 0.359 e. The zero-order chi connectivity index (χ0) is 21.3. The standard InChI is InChI=1S/C21H16Cl2FN3O3/c22-15-4-2-5-16(19(15)23)25-18(28)11-30-21(29)20-14-3-1-6-17(14)27(26-20)13-9-7-12(24)8-10-13/h2,4-5,7-10H,1,3,6,11H2,(H,25,28). The summed E-state index contributed by atoms with van der Waals surface area (Å²) in [6, 6.07) is 10.7. The van der Waals surface area contributed by atoms with Gasteiger partial charge in [0.15, 0.2) is 12.3 Å². The van der Waals surface area contributed by atoms with Gasteiger partial charge >= 0.3 is 5.97 Å². The molecule has 1 aliphatic rings. The first-order valence-electron chi connectivity index (χ1n) is 9.21. The lowest BCUT2D eigenvalue weighted by Crippen LogP contribution is -2.21. The average molecular weight is 448 g/mol. The maximum Gasteiger partial charge on any atom is 0.359 e. The van der Waals surface area contributed by atoms with E-state index in [9.17, 15) is 14.0 Å². The minimum absolute atomic E-state index is 0.167. The molecule has 2 aromatic carbocycles. The Morgan fingerprint density at radius 2 is 1.90 bits per heavy atom. The fourth-order valence-corrected chi connectivity index (χ4v) is 3.73. The normalized spacial score (nSPS) is 12.5. The highest BCUT2D eigenvalue weighted by molar-refractivity contribution is 6.44. The van der Waals surface area contributed by atoms with E-state index >= 15 is 0 Å². The molecule has 9 heteroatoms. The van der Waals surface area contributed by atoms with Crippen molar-refractivity contribution >= 4 is 40.8 Å². The van der Waals surface area contributed by atoms with Gasteiger partial charge in [0.05, 0.1) is 21.4 Å². The van der Waals surface area contributed by atoms with Crippen LogP contribution in [0.3, 0.4) is 0 Å². The number of halogens is 3. The van der Waals surface area contributed by atoms with Gasteiger partial charge in [-0.1, -0.05) is 29.3 Å². The molecule has 0 bridgehead atoms. The van der Waals surface area contributed by atoms with Crippen molar-refractivity contribution < 1.29 is 18.7 Å². The molecule has 0 saturated carbocycles. The minimum atomic E-state index is -0.693. The quantitative estimate of drug-likeness (QED) is 0.579. The number of carbonyl (C=O) groups is 2. The summed E-state index contributed by atoms with van der Waals surface area (Å²) in [6.45, 7) is -0.500. The van der Waals surface area contributed by atoms with Crippen LogP contribution in [0.15, 0.2) is 42.5 Å². The average Bonchev–Trinajstić information content (AvgIpc) is 3.33. The van der Waals surface area contributed by atoms with Gasteiger partial charge in [-0.2, -0.15) is 5.10 Å². The van der Waals surface area contributed by atoms with Crippen LogP contribution in [0.4, 0.5) is 10.1 Å². The van der Waals surface area contributed by atoms with Gasteiger partial charge in [0.2, 0.25) is 0 Å². The molecule has 6 nitrogen and oxygen atoms in total. The van der Waals surface area contributed by atoms with Gasteiger partial charge in [-0.05, 0) is 55.7 Å². The lowest BCUT2D eigenvalue weighted by Gasteiger charge is -2.08. The number of rotatable bonds is 5. The van der Waals surface area contributed by atoms with Gasteiger partial charge in [-0.15, -0.1) is 0 Å². The third kappa shape index (κ3) is 4.04. The van der Waals surface area contributed by atoms with Gasteiger partial charge in [0.25, 0.3) is 5.91 Å². The molecular formula is C21H16Cl2FN3O3. The van der Waals surface area contributed by atoms with Crippen molar-refractivity contribution in [3.8, 4) is 5.69 Å². The summed E-state index contributed by atoms with van der Waals surface area (Å²) in [5.41, 5.74) is 2.83. The second-order valence-corrected chi connectivity index (χ2v) is 7.53. The van der Waals surface area contributed by atoms with Gasteiger partial charge in [0.1, 0.15) is 5.82 Å². The number of fused-ring (bicyclic) bond motifs is 1. The number of benzene rings is 2. The number of ether oxygens (including phenoxy) is 1. The third-order valence-electron chi connectivity index (χ3n) is 4.75. The SMILES string of the molecule is O=C(COC(=O)c1nn(-c2ccc(F)cc2)c2c1CCC2)Nc1cccc(Cl)c1Cl. The first-order valence-corrected chi connectivity index (χ1v) is 9.97.